The maximum atomic E-state index is 13.2. The molecule has 1 N–H and O–H groups in total. The highest BCUT2D eigenvalue weighted by Gasteiger charge is 2.31. The Hall–Kier alpha value is -3.35. The van der Waals surface area contributed by atoms with Gasteiger partial charge in [0, 0.05) is 24.0 Å². The molecule has 1 aliphatic rings. The number of nitrogens with zero attached hydrogens (tertiary/aromatic N) is 4. The number of aromatic nitrogens is 4. The number of carbonyl (C=O) groups excluding carboxylic acids is 1. The number of benzene rings is 1. The normalized spacial score (nSPS) is 16.2. The first-order chi connectivity index (χ1) is 14.0. The molecule has 1 atom stereocenters. The average molecular weight is 381 g/mol. The lowest BCUT2D eigenvalue weighted by Gasteiger charge is -2.35. The molecule has 6 nitrogen and oxygen atoms in total. The van der Waals surface area contributed by atoms with Crippen LogP contribution in [0.2, 0.25) is 0 Å². The zero-order valence-corrected chi connectivity index (χ0v) is 16.4. The summed E-state index contributed by atoms with van der Waals surface area (Å²) in [6.45, 7) is 4.76. The summed E-state index contributed by atoms with van der Waals surface area (Å²) in [6, 6.07) is 11.8. The Morgan fingerprint density at radius 3 is 2.90 bits per heavy atom. The summed E-state index contributed by atoms with van der Waals surface area (Å²) >= 11 is 0. The van der Waals surface area contributed by atoms with Gasteiger partial charge in [-0.05, 0) is 49.1 Å². The molecule has 142 valence electrons. The van der Waals surface area contributed by atoms with E-state index in [-0.39, 0.29) is 11.9 Å². The van der Waals surface area contributed by atoms with Gasteiger partial charge in [0.15, 0.2) is 5.69 Å². The van der Waals surface area contributed by atoms with E-state index >= 15 is 0 Å². The summed E-state index contributed by atoms with van der Waals surface area (Å²) in [4.78, 5) is 15.1. The molecule has 0 bridgehead atoms. The third-order valence-electron chi connectivity index (χ3n) is 5.82. The van der Waals surface area contributed by atoms with Crippen LogP contribution in [0.3, 0.4) is 0 Å². The van der Waals surface area contributed by atoms with Crippen molar-refractivity contribution in [3.63, 3.8) is 0 Å². The van der Waals surface area contributed by atoms with Gasteiger partial charge in [-0.3, -0.25) is 9.89 Å². The Morgan fingerprint density at radius 1 is 1.24 bits per heavy atom. The molecule has 0 aliphatic carbocycles. The minimum Gasteiger partial charge on any atom is -0.330 e. The van der Waals surface area contributed by atoms with Gasteiger partial charge < -0.3 is 4.90 Å². The van der Waals surface area contributed by atoms with E-state index in [2.05, 4.69) is 40.4 Å². The van der Waals surface area contributed by atoms with Gasteiger partial charge in [-0.1, -0.05) is 29.7 Å². The van der Waals surface area contributed by atoms with Crippen LogP contribution in [-0.4, -0.2) is 45.0 Å². The molecule has 1 unspecified atom stereocenters. The highest BCUT2D eigenvalue weighted by molar-refractivity contribution is 6.32. The van der Waals surface area contributed by atoms with Gasteiger partial charge in [0.25, 0.3) is 5.91 Å². The largest absolute Gasteiger partial charge is 0.330 e. The number of amides is 1. The van der Waals surface area contributed by atoms with E-state index in [1.807, 2.05) is 36.2 Å². The van der Waals surface area contributed by atoms with Gasteiger partial charge >= 0.3 is 0 Å². The minimum atomic E-state index is -0.0599. The van der Waals surface area contributed by atoms with Crippen molar-refractivity contribution < 1.29 is 4.79 Å². The van der Waals surface area contributed by atoms with Crippen molar-refractivity contribution in [2.75, 3.05) is 6.54 Å². The number of aromatic amines is 1. The maximum Gasteiger partial charge on any atom is 0.274 e. The highest BCUT2D eigenvalue weighted by atomic mass is 16.2. The summed E-state index contributed by atoms with van der Waals surface area (Å²) in [7, 11) is 5.83. The number of rotatable bonds is 2. The smallest absolute Gasteiger partial charge is 0.274 e. The predicted octanol–water partition coefficient (Wildman–Crippen LogP) is 2.59. The Labute approximate surface area is 170 Å². The lowest BCUT2D eigenvalue weighted by molar-refractivity contribution is 0.0671. The molecule has 0 saturated heterocycles. The Morgan fingerprint density at radius 2 is 2.10 bits per heavy atom. The molecule has 1 aliphatic heterocycles. The Balaban J connectivity index is 1.50. The number of aryl methyl sites for hydroxylation is 1. The first-order valence-corrected chi connectivity index (χ1v) is 9.71. The molecule has 4 aromatic rings. The standard InChI is InChI=1S/C22H20BN5O/c1-13-20(11-24-25-13)18-5-3-4-17-14(2)27(9-8-19(17)18)22(29)21-10-16-7-6-15(23)12-28(16)26-21/h3-7,10-12,14H,8-9H2,1-2H3,(H,24,25). The van der Waals surface area contributed by atoms with Crippen LogP contribution in [0.4, 0.5) is 0 Å². The van der Waals surface area contributed by atoms with Gasteiger partial charge in [0.2, 0.25) is 0 Å². The summed E-state index contributed by atoms with van der Waals surface area (Å²) in [5.74, 6) is -0.0599. The second kappa shape index (κ2) is 6.62. The average Bonchev–Trinajstić information content (AvgIpc) is 3.33. The molecule has 5 rings (SSSR count). The molecule has 3 aromatic heterocycles. The molecular weight excluding hydrogens is 361 g/mol. The summed E-state index contributed by atoms with van der Waals surface area (Å²) in [5.41, 5.74) is 7.73. The zero-order valence-electron chi connectivity index (χ0n) is 16.4. The number of carbonyl (C=O) groups is 1. The van der Waals surface area contributed by atoms with E-state index < -0.39 is 0 Å². The van der Waals surface area contributed by atoms with Crippen LogP contribution in [0.15, 0.2) is 48.8 Å². The van der Waals surface area contributed by atoms with Crippen molar-refractivity contribution in [3.05, 3.63) is 71.3 Å². The van der Waals surface area contributed by atoms with Crippen molar-refractivity contribution >= 4 is 24.7 Å². The second-order valence-corrected chi connectivity index (χ2v) is 7.57. The van der Waals surface area contributed by atoms with Crippen molar-refractivity contribution in [1.29, 1.82) is 0 Å². The molecule has 0 spiro atoms. The van der Waals surface area contributed by atoms with Crippen molar-refractivity contribution in [3.8, 4) is 11.1 Å². The van der Waals surface area contributed by atoms with E-state index in [1.54, 1.807) is 10.7 Å². The fourth-order valence-corrected chi connectivity index (χ4v) is 4.28. The number of fused-ring (bicyclic) bond motifs is 2. The molecule has 2 radical (unpaired) electrons. The number of pyridine rings is 1. The molecule has 0 fully saturated rings. The molecule has 7 heteroatoms. The van der Waals surface area contributed by atoms with E-state index in [1.165, 1.54) is 16.7 Å². The summed E-state index contributed by atoms with van der Waals surface area (Å²) in [6.07, 6.45) is 4.39. The lowest BCUT2D eigenvalue weighted by Crippen LogP contribution is -2.39. The van der Waals surface area contributed by atoms with Crippen LogP contribution in [-0.2, 0) is 6.42 Å². The quantitative estimate of drug-likeness (QED) is 0.543. The number of hydrogen-bond acceptors (Lipinski definition) is 3. The number of nitrogens with one attached hydrogen (secondary N) is 1. The predicted molar refractivity (Wildman–Crippen MR) is 112 cm³/mol. The fourth-order valence-electron chi connectivity index (χ4n) is 4.28. The minimum absolute atomic E-state index is 0.0340. The van der Waals surface area contributed by atoms with E-state index in [9.17, 15) is 4.79 Å². The van der Waals surface area contributed by atoms with E-state index in [4.69, 9.17) is 7.85 Å². The highest BCUT2D eigenvalue weighted by Crippen LogP contribution is 2.37. The van der Waals surface area contributed by atoms with Gasteiger partial charge in [-0.15, -0.1) is 0 Å². The Bertz CT molecular complexity index is 1240. The van der Waals surface area contributed by atoms with Crippen LogP contribution in [0.5, 0.6) is 0 Å². The Kier molecular flexibility index (Phi) is 4.05. The molecule has 4 heterocycles. The lowest BCUT2D eigenvalue weighted by atomic mass is 9.87. The van der Waals surface area contributed by atoms with E-state index in [0.717, 1.165) is 23.2 Å². The van der Waals surface area contributed by atoms with Gasteiger partial charge in [-0.25, -0.2) is 4.52 Å². The van der Waals surface area contributed by atoms with Gasteiger partial charge in [-0.2, -0.15) is 10.2 Å². The monoisotopic (exact) mass is 381 g/mol. The van der Waals surface area contributed by atoms with Crippen LogP contribution in [0.25, 0.3) is 16.6 Å². The van der Waals surface area contributed by atoms with E-state index in [0.29, 0.717) is 17.7 Å². The van der Waals surface area contributed by atoms with Crippen molar-refractivity contribution in [2.45, 2.75) is 26.3 Å². The molecule has 29 heavy (non-hydrogen) atoms. The van der Waals surface area contributed by atoms with Gasteiger partial charge in [0.1, 0.15) is 7.85 Å². The molecule has 0 saturated carbocycles. The zero-order chi connectivity index (χ0) is 20.1. The second-order valence-electron chi connectivity index (χ2n) is 7.57. The van der Waals surface area contributed by atoms with Gasteiger partial charge in [0.05, 0.1) is 17.8 Å². The first kappa shape index (κ1) is 17.7. The van der Waals surface area contributed by atoms with Crippen LogP contribution < -0.4 is 5.46 Å². The fraction of sp³-hybridized carbons (Fsp3) is 0.227. The summed E-state index contributed by atoms with van der Waals surface area (Å²) in [5, 5.41) is 11.6. The van der Waals surface area contributed by atoms with Crippen molar-refractivity contribution in [1.82, 2.24) is 24.7 Å². The van der Waals surface area contributed by atoms with Crippen LogP contribution in [0.1, 0.15) is 40.3 Å². The SMILES string of the molecule is [B]c1ccc2cc(C(=O)N3CCc4c(-c5cn[nH]c5C)cccc4C3C)nn2c1. The third-order valence-corrected chi connectivity index (χ3v) is 5.82. The molecule has 1 aromatic carbocycles. The maximum absolute atomic E-state index is 13.2. The van der Waals surface area contributed by atoms with Crippen LogP contribution in [0, 0.1) is 6.92 Å². The summed E-state index contributed by atoms with van der Waals surface area (Å²) < 4.78 is 1.66. The molecular formula is C22H20BN5O. The molecule has 1 amide bonds. The number of H-pyrrole nitrogens is 1. The number of hydrogen-bond donors (Lipinski definition) is 1. The van der Waals surface area contributed by atoms with Crippen LogP contribution >= 0.6 is 0 Å². The first-order valence-electron chi connectivity index (χ1n) is 9.71. The van der Waals surface area contributed by atoms with Crippen molar-refractivity contribution in [2.24, 2.45) is 0 Å². The third kappa shape index (κ3) is 2.85. The topological polar surface area (TPSA) is 66.3 Å².